The van der Waals surface area contributed by atoms with Crippen LogP contribution in [0.5, 0.6) is 5.75 Å². The predicted molar refractivity (Wildman–Crippen MR) is 94.0 cm³/mol. The van der Waals surface area contributed by atoms with E-state index in [0.29, 0.717) is 24.0 Å². The lowest BCUT2D eigenvalue weighted by Crippen LogP contribution is -1.99. The maximum atomic E-state index is 14.2. The molecule has 0 N–H and O–H groups in total. The van der Waals surface area contributed by atoms with E-state index in [0.717, 1.165) is 6.07 Å². The lowest BCUT2D eigenvalue weighted by atomic mass is 10.0. The number of halogens is 4. The van der Waals surface area contributed by atoms with Crippen molar-refractivity contribution < 1.29 is 13.5 Å². The number of hydrogen-bond donors (Lipinski definition) is 0. The molecule has 0 aliphatic rings. The third kappa shape index (κ3) is 3.03. The largest absolute Gasteiger partial charge is 0.494 e. The van der Waals surface area contributed by atoms with Gasteiger partial charge in [-0.05, 0) is 81.0 Å². The Bertz CT molecular complexity index is 709. The van der Waals surface area contributed by atoms with Gasteiger partial charge in [-0.2, -0.15) is 0 Å². The highest BCUT2D eigenvalue weighted by molar-refractivity contribution is 14.1. The molecule has 0 aliphatic carbocycles. The summed E-state index contributed by atoms with van der Waals surface area (Å²) in [4.78, 5) is 10.9. The van der Waals surface area contributed by atoms with E-state index in [-0.39, 0.29) is 11.3 Å². The number of nitrogens with zero attached hydrogens (tertiary/aromatic N) is 1. The van der Waals surface area contributed by atoms with Gasteiger partial charge in [0.05, 0.1) is 7.11 Å². The first-order valence-corrected chi connectivity index (χ1v) is 7.91. The summed E-state index contributed by atoms with van der Waals surface area (Å²) in [6.45, 7) is 1.70. The molecule has 0 atom stereocenters. The van der Waals surface area contributed by atoms with Crippen LogP contribution in [0.1, 0.15) is 5.56 Å². The number of nitroso groups, excluding NO2 is 1. The Balaban J connectivity index is 2.82. The van der Waals surface area contributed by atoms with Crippen LogP contribution in [0.2, 0.25) is 0 Å². The van der Waals surface area contributed by atoms with Crippen LogP contribution in [0, 0.1) is 30.6 Å². The van der Waals surface area contributed by atoms with Crippen molar-refractivity contribution in [2.75, 3.05) is 7.11 Å². The lowest BCUT2D eigenvalue weighted by Gasteiger charge is -2.13. The fraction of sp³-hybridized carbons (Fsp3) is 0.143. The Hall–Kier alpha value is -0.840. The minimum atomic E-state index is -0.940. The van der Waals surface area contributed by atoms with Crippen molar-refractivity contribution in [2.24, 2.45) is 5.18 Å². The Labute approximate surface area is 147 Å². The van der Waals surface area contributed by atoms with Gasteiger partial charge in [0.1, 0.15) is 5.75 Å². The molecule has 21 heavy (non-hydrogen) atoms. The van der Waals surface area contributed by atoms with E-state index >= 15 is 0 Å². The van der Waals surface area contributed by atoms with Crippen LogP contribution >= 0.6 is 45.2 Å². The van der Waals surface area contributed by atoms with Gasteiger partial charge >= 0.3 is 0 Å². The van der Waals surface area contributed by atoms with E-state index in [1.807, 2.05) is 45.2 Å². The van der Waals surface area contributed by atoms with Gasteiger partial charge in [0.2, 0.25) is 0 Å². The van der Waals surface area contributed by atoms with Crippen molar-refractivity contribution in [1.82, 2.24) is 0 Å². The summed E-state index contributed by atoms with van der Waals surface area (Å²) in [5, 5.41) is 2.88. The monoisotopic (exact) mass is 515 g/mol. The number of aryl methyl sites for hydroxylation is 1. The molecule has 0 aliphatic heterocycles. The van der Waals surface area contributed by atoms with Gasteiger partial charge in [0.15, 0.2) is 17.3 Å². The molecular weight excluding hydrogens is 506 g/mol. The number of hydrogen-bond acceptors (Lipinski definition) is 3. The standard InChI is InChI=1S/C14H9F2I2NO2/c1-6-3-8(15)13(16)12(14(6)18)7-4-10(19-20)11(21-2)5-9(7)17/h3-5H,1-2H3. The van der Waals surface area contributed by atoms with Gasteiger partial charge < -0.3 is 4.74 Å². The summed E-state index contributed by atoms with van der Waals surface area (Å²) in [6.07, 6.45) is 0. The molecule has 0 unspecified atom stereocenters. The first-order chi connectivity index (χ1) is 9.90. The van der Waals surface area contributed by atoms with Gasteiger partial charge in [-0.1, -0.05) is 0 Å². The highest BCUT2D eigenvalue weighted by Crippen LogP contribution is 2.40. The number of rotatable bonds is 3. The molecular formula is C14H9F2I2NO2. The van der Waals surface area contributed by atoms with E-state index in [1.165, 1.54) is 13.2 Å². The minimum Gasteiger partial charge on any atom is -0.494 e. The summed E-state index contributed by atoms with van der Waals surface area (Å²) in [5.41, 5.74) is 1.21. The maximum absolute atomic E-state index is 14.2. The second-order valence-electron chi connectivity index (χ2n) is 4.27. The highest BCUT2D eigenvalue weighted by atomic mass is 127. The van der Waals surface area contributed by atoms with Crippen LogP contribution in [0.25, 0.3) is 11.1 Å². The molecule has 0 radical (unpaired) electrons. The molecule has 0 saturated heterocycles. The Morgan fingerprint density at radius 3 is 2.43 bits per heavy atom. The van der Waals surface area contributed by atoms with Gasteiger partial charge in [0.25, 0.3) is 0 Å². The van der Waals surface area contributed by atoms with Crippen molar-refractivity contribution in [3.8, 4) is 16.9 Å². The summed E-state index contributed by atoms with van der Waals surface area (Å²) < 4.78 is 34.2. The van der Waals surface area contributed by atoms with E-state index in [1.54, 1.807) is 13.0 Å². The first-order valence-electron chi connectivity index (χ1n) is 5.76. The van der Waals surface area contributed by atoms with Crippen molar-refractivity contribution in [1.29, 1.82) is 0 Å². The molecule has 0 amide bonds. The fourth-order valence-corrected chi connectivity index (χ4v) is 3.33. The number of ether oxygens (including phenoxy) is 1. The Morgan fingerprint density at radius 1 is 1.19 bits per heavy atom. The van der Waals surface area contributed by atoms with Gasteiger partial charge in [0, 0.05) is 18.3 Å². The summed E-state index contributed by atoms with van der Waals surface area (Å²) in [7, 11) is 1.41. The van der Waals surface area contributed by atoms with Crippen molar-refractivity contribution in [2.45, 2.75) is 6.92 Å². The Kier molecular flexibility index (Phi) is 5.12. The molecule has 110 valence electrons. The number of methoxy groups -OCH3 is 1. The second kappa shape index (κ2) is 6.51. The molecule has 2 rings (SSSR count). The molecule has 0 heterocycles. The molecule has 2 aromatic rings. The summed E-state index contributed by atoms with van der Waals surface area (Å²) in [5.74, 6) is -1.57. The van der Waals surface area contributed by atoms with Crippen LogP contribution in [-0.4, -0.2) is 7.11 Å². The fourth-order valence-electron chi connectivity index (χ4n) is 1.94. The average Bonchev–Trinajstić information content (AvgIpc) is 2.46. The molecule has 2 aromatic carbocycles. The third-order valence-electron chi connectivity index (χ3n) is 2.97. The molecule has 7 heteroatoms. The van der Waals surface area contributed by atoms with E-state index < -0.39 is 11.6 Å². The zero-order valence-corrected chi connectivity index (χ0v) is 15.3. The maximum Gasteiger partial charge on any atom is 0.167 e. The predicted octanol–water partition coefficient (Wildman–Crippen LogP) is 5.56. The Morgan fingerprint density at radius 2 is 1.86 bits per heavy atom. The highest BCUT2D eigenvalue weighted by Gasteiger charge is 2.20. The van der Waals surface area contributed by atoms with Crippen LogP contribution < -0.4 is 4.74 Å². The second-order valence-corrected chi connectivity index (χ2v) is 6.51. The third-order valence-corrected chi connectivity index (χ3v) is 5.26. The molecule has 0 saturated carbocycles. The molecule has 0 aromatic heterocycles. The molecule has 0 spiro atoms. The van der Waals surface area contributed by atoms with Crippen molar-refractivity contribution in [3.63, 3.8) is 0 Å². The number of benzene rings is 2. The van der Waals surface area contributed by atoms with Gasteiger partial charge in [-0.25, -0.2) is 8.78 Å². The van der Waals surface area contributed by atoms with Crippen LogP contribution in [0.3, 0.4) is 0 Å². The molecule has 0 bridgehead atoms. The SMILES string of the molecule is COc1cc(I)c(-c2c(F)c(F)cc(C)c2I)cc1N=O. The summed E-state index contributed by atoms with van der Waals surface area (Å²) in [6, 6.07) is 4.13. The first kappa shape index (κ1) is 16.5. The van der Waals surface area contributed by atoms with E-state index in [4.69, 9.17) is 4.74 Å². The van der Waals surface area contributed by atoms with Crippen molar-refractivity contribution >= 4 is 50.9 Å². The van der Waals surface area contributed by atoms with Crippen LogP contribution in [0.4, 0.5) is 14.5 Å². The van der Waals surface area contributed by atoms with Gasteiger partial charge in [-0.15, -0.1) is 4.91 Å². The summed E-state index contributed by atoms with van der Waals surface area (Å²) >= 11 is 3.95. The van der Waals surface area contributed by atoms with Crippen LogP contribution in [-0.2, 0) is 0 Å². The quantitative estimate of drug-likeness (QED) is 0.306. The molecule has 0 fully saturated rings. The van der Waals surface area contributed by atoms with E-state index in [2.05, 4.69) is 5.18 Å². The normalized spacial score (nSPS) is 10.6. The molecule has 3 nitrogen and oxygen atoms in total. The average molecular weight is 515 g/mol. The minimum absolute atomic E-state index is 0.0463. The van der Waals surface area contributed by atoms with Gasteiger partial charge in [-0.3, -0.25) is 0 Å². The topological polar surface area (TPSA) is 38.7 Å². The van der Waals surface area contributed by atoms with E-state index in [9.17, 15) is 13.7 Å². The lowest BCUT2D eigenvalue weighted by molar-refractivity contribution is 0.416. The van der Waals surface area contributed by atoms with Crippen molar-refractivity contribution in [3.05, 3.63) is 47.4 Å². The van der Waals surface area contributed by atoms with Crippen LogP contribution in [0.15, 0.2) is 23.4 Å². The smallest absolute Gasteiger partial charge is 0.167 e. The zero-order valence-electron chi connectivity index (χ0n) is 11.0. The zero-order chi connectivity index (χ0) is 15.7.